The summed E-state index contributed by atoms with van der Waals surface area (Å²) < 4.78 is 1.57. The van der Waals surface area contributed by atoms with E-state index in [1.807, 2.05) is 11.8 Å². The fourth-order valence-corrected chi connectivity index (χ4v) is 2.81. The SMILES string of the molecule is CCN(C(=O)c1c(N)cnn1C)C1CCCCC1. The van der Waals surface area contributed by atoms with Crippen LogP contribution in [0.4, 0.5) is 5.69 Å². The minimum absolute atomic E-state index is 0.0156. The van der Waals surface area contributed by atoms with Crippen molar-refractivity contribution in [2.45, 2.75) is 45.1 Å². The van der Waals surface area contributed by atoms with E-state index in [-0.39, 0.29) is 5.91 Å². The van der Waals surface area contributed by atoms with Gasteiger partial charge in [-0.3, -0.25) is 9.48 Å². The molecule has 1 amide bonds. The van der Waals surface area contributed by atoms with Gasteiger partial charge >= 0.3 is 0 Å². The average molecular weight is 250 g/mol. The normalized spacial score (nSPS) is 16.8. The van der Waals surface area contributed by atoms with Crippen LogP contribution in [0.3, 0.4) is 0 Å². The number of nitrogens with two attached hydrogens (primary N) is 1. The van der Waals surface area contributed by atoms with Crippen molar-refractivity contribution in [3.8, 4) is 0 Å². The Labute approximate surface area is 108 Å². The van der Waals surface area contributed by atoms with Crippen molar-refractivity contribution in [2.24, 2.45) is 7.05 Å². The smallest absolute Gasteiger partial charge is 0.274 e. The first kappa shape index (κ1) is 12.9. The van der Waals surface area contributed by atoms with Gasteiger partial charge in [0.1, 0.15) is 5.69 Å². The van der Waals surface area contributed by atoms with Gasteiger partial charge in [0.25, 0.3) is 5.91 Å². The van der Waals surface area contributed by atoms with Crippen LogP contribution in [-0.2, 0) is 7.05 Å². The summed E-state index contributed by atoms with van der Waals surface area (Å²) >= 11 is 0. The Kier molecular flexibility index (Phi) is 3.89. The molecule has 5 heteroatoms. The topological polar surface area (TPSA) is 64.2 Å². The van der Waals surface area contributed by atoms with E-state index in [0.717, 1.165) is 19.4 Å². The number of hydrogen-bond donors (Lipinski definition) is 1. The van der Waals surface area contributed by atoms with Crippen LogP contribution in [0, 0.1) is 0 Å². The summed E-state index contributed by atoms with van der Waals surface area (Å²) in [7, 11) is 1.76. The molecule has 1 aliphatic rings. The minimum atomic E-state index is 0.0156. The maximum Gasteiger partial charge on any atom is 0.274 e. The minimum Gasteiger partial charge on any atom is -0.396 e. The molecule has 0 radical (unpaired) electrons. The second-order valence-electron chi connectivity index (χ2n) is 4.96. The molecule has 1 aromatic heterocycles. The highest BCUT2D eigenvalue weighted by Gasteiger charge is 2.27. The first-order valence-electron chi connectivity index (χ1n) is 6.73. The molecule has 18 heavy (non-hydrogen) atoms. The second-order valence-corrected chi connectivity index (χ2v) is 4.96. The number of hydrogen-bond acceptors (Lipinski definition) is 3. The Balaban J connectivity index is 2.19. The van der Waals surface area contributed by atoms with Crippen LogP contribution < -0.4 is 5.73 Å². The number of aryl methyl sites for hydroxylation is 1. The molecule has 0 spiro atoms. The quantitative estimate of drug-likeness (QED) is 0.889. The van der Waals surface area contributed by atoms with Gasteiger partial charge in [-0.15, -0.1) is 0 Å². The van der Waals surface area contributed by atoms with Crippen LogP contribution in [0.15, 0.2) is 6.20 Å². The van der Waals surface area contributed by atoms with E-state index in [9.17, 15) is 4.79 Å². The number of amides is 1. The summed E-state index contributed by atoms with van der Waals surface area (Å²) in [5, 5.41) is 4.04. The van der Waals surface area contributed by atoms with Crippen LogP contribution in [0.25, 0.3) is 0 Å². The lowest BCUT2D eigenvalue weighted by atomic mass is 9.94. The molecule has 1 saturated carbocycles. The fraction of sp³-hybridized carbons (Fsp3) is 0.692. The maximum absolute atomic E-state index is 12.6. The molecule has 5 nitrogen and oxygen atoms in total. The molecule has 2 rings (SSSR count). The summed E-state index contributed by atoms with van der Waals surface area (Å²) in [6.45, 7) is 2.76. The molecule has 2 N–H and O–H groups in total. The summed E-state index contributed by atoms with van der Waals surface area (Å²) in [4.78, 5) is 14.5. The van der Waals surface area contributed by atoms with Gasteiger partial charge in [0, 0.05) is 19.6 Å². The molecule has 1 fully saturated rings. The largest absolute Gasteiger partial charge is 0.396 e. The van der Waals surface area contributed by atoms with E-state index in [2.05, 4.69) is 5.10 Å². The van der Waals surface area contributed by atoms with Crippen LogP contribution in [0.2, 0.25) is 0 Å². The lowest BCUT2D eigenvalue weighted by Crippen LogP contribution is -2.42. The number of anilines is 1. The third-order valence-electron chi connectivity index (χ3n) is 3.79. The van der Waals surface area contributed by atoms with Gasteiger partial charge in [-0.25, -0.2) is 0 Å². The summed E-state index contributed by atoms with van der Waals surface area (Å²) in [5.41, 5.74) is 6.82. The molecular formula is C13H22N4O. The third-order valence-corrected chi connectivity index (χ3v) is 3.79. The highest BCUT2D eigenvalue weighted by Crippen LogP contribution is 2.24. The molecule has 1 aliphatic carbocycles. The van der Waals surface area contributed by atoms with Gasteiger partial charge in [-0.05, 0) is 19.8 Å². The Morgan fingerprint density at radius 1 is 1.50 bits per heavy atom. The summed E-state index contributed by atoms with van der Waals surface area (Å²) in [5.74, 6) is 0.0156. The average Bonchev–Trinajstić information content (AvgIpc) is 2.71. The van der Waals surface area contributed by atoms with Crippen molar-refractivity contribution in [1.82, 2.24) is 14.7 Å². The molecule has 0 unspecified atom stereocenters. The van der Waals surface area contributed by atoms with E-state index in [1.54, 1.807) is 17.9 Å². The Hall–Kier alpha value is -1.52. The molecule has 100 valence electrons. The van der Waals surface area contributed by atoms with E-state index >= 15 is 0 Å². The highest BCUT2D eigenvalue weighted by atomic mass is 16.2. The zero-order valence-electron chi connectivity index (χ0n) is 11.2. The van der Waals surface area contributed by atoms with Crippen LogP contribution in [-0.4, -0.2) is 33.2 Å². The fourth-order valence-electron chi connectivity index (χ4n) is 2.81. The molecule has 0 atom stereocenters. The lowest BCUT2D eigenvalue weighted by Gasteiger charge is -2.33. The maximum atomic E-state index is 12.6. The summed E-state index contributed by atoms with van der Waals surface area (Å²) in [6.07, 6.45) is 7.48. The molecular weight excluding hydrogens is 228 g/mol. The second kappa shape index (κ2) is 5.42. The van der Waals surface area contributed by atoms with Gasteiger partial charge < -0.3 is 10.6 Å². The predicted octanol–water partition coefficient (Wildman–Crippen LogP) is 1.80. The van der Waals surface area contributed by atoms with Gasteiger partial charge in [0.2, 0.25) is 0 Å². The number of carbonyl (C=O) groups is 1. The first-order valence-corrected chi connectivity index (χ1v) is 6.73. The Morgan fingerprint density at radius 2 is 2.17 bits per heavy atom. The van der Waals surface area contributed by atoms with E-state index in [4.69, 9.17) is 5.73 Å². The monoisotopic (exact) mass is 250 g/mol. The van der Waals surface area contributed by atoms with Crippen LogP contribution in [0.1, 0.15) is 49.5 Å². The molecule has 0 saturated heterocycles. The predicted molar refractivity (Wildman–Crippen MR) is 71.2 cm³/mol. The van der Waals surface area contributed by atoms with E-state index in [1.165, 1.54) is 19.3 Å². The third kappa shape index (κ3) is 2.35. The number of aromatic nitrogens is 2. The highest BCUT2D eigenvalue weighted by molar-refractivity contribution is 5.97. The van der Waals surface area contributed by atoms with Gasteiger partial charge in [0.15, 0.2) is 0 Å². The van der Waals surface area contributed by atoms with Crippen molar-refractivity contribution in [3.05, 3.63) is 11.9 Å². The van der Waals surface area contributed by atoms with E-state index in [0.29, 0.717) is 17.4 Å². The molecule has 0 aliphatic heterocycles. The lowest BCUT2D eigenvalue weighted by molar-refractivity contribution is 0.0638. The molecule has 1 heterocycles. The van der Waals surface area contributed by atoms with E-state index < -0.39 is 0 Å². The molecule has 1 aromatic rings. The first-order chi connectivity index (χ1) is 8.65. The summed E-state index contributed by atoms with van der Waals surface area (Å²) in [6, 6.07) is 0.366. The van der Waals surface area contributed by atoms with Crippen molar-refractivity contribution in [1.29, 1.82) is 0 Å². The molecule has 0 aromatic carbocycles. The number of nitrogen functional groups attached to an aromatic ring is 1. The van der Waals surface area contributed by atoms with Crippen LogP contribution in [0.5, 0.6) is 0 Å². The van der Waals surface area contributed by atoms with Crippen LogP contribution >= 0.6 is 0 Å². The van der Waals surface area contributed by atoms with Crippen molar-refractivity contribution in [3.63, 3.8) is 0 Å². The number of nitrogens with zero attached hydrogens (tertiary/aromatic N) is 3. The number of rotatable bonds is 3. The number of carbonyl (C=O) groups excluding carboxylic acids is 1. The Morgan fingerprint density at radius 3 is 2.67 bits per heavy atom. The van der Waals surface area contributed by atoms with Gasteiger partial charge in [0.05, 0.1) is 11.9 Å². The standard InChI is InChI=1S/C13H22N4O/c1-3-17(10-7-5-4-6-8-10)13(18)12-11(14)9-15-16(12)2/h9-10H,3-8,14H2,1-2H3. The Bertz CT molecular complexity index is 401. The van der Waals surface area contributed by atoms with Crippen molar-refractivity contribution >= 4 is 11.6 Å². The van der Waals surface area contributed by atoms with Gasteiger partial charge in [-0.2, -0.15) is 5.10 Å². The molecule has 0 bridgehead atoms. The zero-order valence-corrected chi connectivity index (χ0v) is 11.2. The van der Waals surface area contributed by atoms with Crippen molar-refractivity contribution < 1.29 is 4.79 Å². The van der Waals surface area contributed by atoms with Gasteiger partial charge in [-0.1, -0.05) is 19.3 Å². The zero-order chi connectivity index (χ0) is 13.1. The van der Waals surface area contributed by atoms with Crippen molar-refractivity contribution in [2.75, 3.05) is 12.3 Å².